The summed E-state index contributed by atoms with van der Waals surface area (Å²) < 4.78 is 0. The number of hydrogen-bond acceptors (Lipinski definition) is 2. The van der Waals surface area contributed by atoms with Gasteiger partial charge in [-0.05, 0) is 16.9 Å². The lowest BCUT2D eigenvalue weighted by Gasteiger charge is -2.28. The van der Waals surface area contributed by atoms with Gasteiger partial charge in [0, 0.05) is 19.1 Å². The molecule has 17 heavy (non-hydrogen) atoms. The maximum atomic E-state index is 5.88. The average molecular weight is 234 g/mol. The van der Waals surface area contributed by atoms with Crippen molar-refractivity contribution in [2.45, 2.75) is 39.7 Å². The Labute approximate surface area is 106 Å². The van der Waals surface area contributed by atoms with Gasteiger partial charge >= 0.3 is 0 Å². The Balaban J connectivity index is 2.62. The molecule has 2 atom stereocenters. The summed E-state index contributed by atoms with van der Waals surface area (Å²) in [7, 11) is 0. The van der Waals surface area contributed by atoms with Crippen molar-refractivity contribution < 1.29 is 0 Å². The van der Waals surface area contributed by atoms with Gasteiger partial charge in [-0.3, -0.25) is 0 Å². The normalized spacial score (nSPS) is 15.6. The molecule has 1 rings (SSSR count). The molecule has 2 unspecified atom stereocenters. The first kappa shape index (κ1) is 14.2. The van der Waals surface area contributed by atoms with Crippen LogP contribution in [0.1, 0.15) is 39.2 Å². The molecule has 0 aliphatic heterocycles. The van der Waals surface area contributed by atoms with Crippen LogP contribution in [0.5, 0.6) is 0 Å². The summed E-state index contributed by atoms with van der Waals surface area (Å²) in [6.07, 6.45) is 0. The first-order valence-corrected chi connectivity index (χ1v) is 6.42. The standard InChI is InChI=1S/C15H26N2/c1-12(13-8-6-5-7-9-13)14(10-16)17-11-15(2,3)4/h5-9,12,14,17H,10-11,16H2,1-4H3. The van der Waals surface area contributed by atoms with Crippen molar-refractivity contribution >= 4 is 0 Å². The van der Waals surface area contributed by atoms with E-state index >= 15 is 0 Å². The zero-order valence-corrected chi connectivity index (χ0v) is 11.5. The van der Waals surface area contributed by atoms with Crippen LogP contribution in [0.15, 0.2) is 30.3 Å². The molecule has 0 saturated heterocycles. The number of rotatable bonds is 5. The zero-order chi connectivity index (χ0) is 12.9. The monoisotopic (exact) mass is 234 g/mol. The molecule has 0 radical (unpaired) electrons. The molecule has 0 aliphatic rings. The Morgan fingerprint density at radius 3 is 2.24 bits per heavy atom. The van der Waals surface area contributed by atoms with Crippen molar-refractivity contribution in [3.63, 3.8) is 0 Å². The summed E-state index contributed by atoms with van der Waals surface area (Å²) in [5.41, 5.74) is 7.52. The second kappa shape index (κ2) is 6.18. The lowest BCUT2D eigenvalue weighted by molar-refractivity contribution is 0.336. The number of hydrogen-bond donors (Lipinski definition) is 2. The Bertz CT molecular complexity index is 313. The highest BCUT2D eigenvalue weighted by Crippen LogP contribution is 2.19. The van der Waals surface area contributed by atoms with Crippen LogP contribution in [0.3, 0.4) is 0 Å². The molecule has 0 fully saturated rings. The Morgan fingerprint density at radius 1 is 1.18 bits per heavy atom. The van der Waals surface area contributed by atoms with Gasteiger partial charge < -0.3 is 11.1 Å². The fraction of sp³-hybridized carbons (Fsp3) is 0.600. The molecule has 2 nitrogen and oxygen atoms in total. The third kappa shape index (κ3) is 4.88. The van der Waals surface area contributed by atoms with E-state index in [4.69, 9.17) is 5.73 Å². The number of nitrogens with two attached hydrogens (primary N) is 1. The lowest BCUT2D eigenvalue weighted by atomic mass is 9.91. The summed E-state index contributed by atoms with van der Waals surface area (Å²) >= 11 is 0. The quantitative estimate of drug-likeness (QED) is 0.822. The van der Waals surface area contributed by atoms with Gasteiger partial charge in [0.15, 0.2) is 0 Å². The van der Waals surface area contributed by atoms with Crippen molar-refractivity contribution in [2.75, 3.05) is 13.1 Å². The summed E-state index contributed by atoms with van der Waals surface area (Å²) in [4.78, 5) is 0. The fourth-order valence-electron chi connectivity index (χ4n) is 1.89. The largest absolute Gasteiger partial charge is 0.329 e. The summed E-state index contributed by atoms with van der Waals surface area (Å²) in [5, 5.41) is 3.58. The minimum Gasteiger partial charge on any atom is -0.329 e. The van der Waals surface area contributed by atoms with Crippen molar-refractivity contribution in [3.05, 3.63) is 35.9 Å². The van der Waals surface area contributed by atoms with Gasteiger partial charge in [0.25, 0.3) is 0 Å². The Kier molecular flexibility index (Phi) is 5.16. The SMILES string of the molecule is CC(c1ccccc1)C(CN)NCC(C)(C)C. The molecular formula is C15H26N2. The number of benzene rings is 1. The summed E-state index contributed by atoms with van der Waals surface area (Å²) in [6.45, 7) is 10.6. The molecule has 0 saturated carbocycles. The molecular weight excluding hydrogens is 208 g/mol. The van der Waals surface area contributed by atoms with E-state index in [2.05, 4.69) is 63.3 Å². The van der Waals surface area contributed by atoms with Crippen LogP contribution in [0.2, 0.25) is 0 Å². The van der Waals surface area contributed by atoms with E-state index in [0.717, 1.165) is 6.54 Å². The summed E-state index contributed by atoms with van der Waals surface area (Å²) in [5.74, 6) is 0.448. The van der Waals surface area contributed by atoms with Crippen LogP contribution < -0.4 is 11.1 Å². The Hall–Kier alpha value is -0.860. The van der Waals surface area contributed by atoms with Crippen LogP contribution in [-0.2, 0) is 0 Å². The van der Waals surface area contributed by atoms with E-state index in [-0.39, 0.29) is 0 Å². The van der Waals surface area contributed by atoms with Crippen molar-refractivity contribution in [1.82, 2.24) is 5.32 Å². The second-order valence-electron chi connectivity index (χ2n) is 5.98. The molecule has 0 bridgehead atoms. The van der Waals surface area contributed by atoms with Crippen molar-refractivity contribution in [2.24, 2.45) is 11.1 Å². The maximum Gasteiger partial charge on any atom is 0.0256 e. The molecule has 0 amide bonds. The zero-order valence-electron chi connectivity index (χ0n) is 11.5. The van der Waals surface area contributed by atoms with Crippen LogP contribution in [0.25, 0.3) is 0 Å². The van der Waals surface area contributed by atoms with Crippen LogP contribution in [-0.4, -0.2) is 19.1 Å². The van der Waals surface area contributed by atoms with E-state index in [1.807, 2.05) is 0 Å². The second-order valence-corrected chi connectivity index (χ2v) is 5.98. The number of nitrogens with one attached hydrogen (secondary N) is 1. The van der Waals surface area contributed by atoms with Gasteiger partial charge in [-0.1, -0.05) is 58.0 Å². The molecule has 0 heterocycles. The minimum absolute atomic E-state index is 0.295. The molecule has 1 aromatic rings. The fourth-order valence-corrected chi connectivity index (χ4v) is 1.89. The minimum atomic E-state index is 0.295. The van der Waals surface area contributed by atoms with E-state index in [1.165, 1.54) is 5.56 Å². The van der Waals surface area contributed by atoms with E-state index in [1.54, 1.807) is 0 Å². The van der Waals surface area contributed by atoms with Gasteiger partial charge in [-0.15, -0.1) is 0 Å². The predicted molar refractivity (Wildman–Crippen MR) is 75.2 cm³/mol. The van der Waals surface area contributed by atoms with Crippen LogP contribution >= 0.6 is 0 Å². The molecule has 0 spiro atoms. The van der Waals surface area contributed by atoms with Gasteiger partial charge in [-0.2, -0.15) is 0 Å². The molecule has 0 aliphatic carbocycles. The average Bonchev–Trinajstić information content (AvgIpc) is 2.29. The van der Waals surface area contributed by atoms with Gasteiger partial charge in [0.1, 0.15) is 0 Å². The van der Waals surface area contributed by atoms with E-state index < -0.39 is 0 Å². The maximum absolute atomic E-state index is 5.88. The third-order valence-electron chi connectivity index (χ3n) is 3.08. The molecule has 0 aromatic heterocycles. The highest BCUT2D eigenvalue weighted by molar-refractivity contribution is 5.20. The lowest BCUT2D eigenvalue weighted by Crippen LogP contribution is -2.43. The first-order chi connectivity index (χ1) is 7.94. The Morgan fingerprint density at radius 2 is 1.76 bits per heavy atom. The van der Waals surface area contributed by atoms with Crippen LogP contribution in [0.4, 0.5) is 0 Å². The highest BCUT2D eigenvalue weighted by atomic mass is 14.9. The molecule has 2 heteroatoms. The molecule has 1 aromatic carbocycles. The van der Waals surface area contributed by atoms with Gasteiger partial charge in [0.05, 0.1) is 0 Å². The summed E-state index contributed by atoms with van der Waals surface area (Å²) in [6, 6.07) is 10.9. The van der Waals surface area contributed by atoms with E-state index in [9.17, 15) is 0 Å². The van der Waals surface area contributed by atoms with Gasteiger partial charge in [-0.25, -0.2) is 0 Å². The smallest absolute Gasteiger partial charge is 0.0256 e. The first-order valence-electron chi connectivity index (χ1n) is 6.42. The third-order valence-corrected chi connectivity index (χ3v) is 3.08. The van der Waals surface area contributed by atoms with Crippen molar-refractivity contribution in [1.29, 1.82) is 0 Å². The van der Waals surface area contributed by atoms with Gasteiger partial charge in [0.2, 0.25) is 0 Å². The van der Waals surface area contributed by atoms with Crippen molar-refractivity contribution in [3.8, 4) is 0 Å². The van der Waals surface area contributed by atoms with Crippen LogP contribution in [0, 0.1) is 5.41 Å². The molecule has 96 valence electrons. The molecule has 3 N–H and O–H groups in total. The van der Waals surface area contributed by atoms with E-state index in [0.29, 0.717) is 23.9 Å². The highest BCUT2D eigenvalue weighted by Gasteiger charge is 2.19. The topological polar surface area (TPSA) is 38.0 Å². The predicted octanol–water partition coefficient (Wildman–Crippen LogP) is 2.75.